The highest BCUT2D eigenvalue weighted by atomic mass is 32.2. The van der Waals surface area contributed by atoms with Crippen LogP contribution in [0.25, 0.3) is 21.3 Å². The molecule has 0 spiro atoms. The van der Waals surface area contributed by atoms with Crippen LogP contribution in [0.4, 0.5) is 0 Å². The van der Waals surface area contributed by atoms with E-state index in [1.807, 2.05) is 42.6 Å². The largest absolute Gasteiger partial charge is 0.369 e. The highest BCUT2D eigenvalue weighted by molar-refractivity contribution is 8.00. The first-order valence-electron chi connectivity index (χ1n) is 8.21. The summed E-state index contributed by atoms with van der Waals surface area (Å²) in [6, 6.07) is 9.77. The Morgan fingerprint density at radius 1 is 1.42 bits per heavy atom. The second-order valence-corrected chi connectivity index (χ2v) is 7.74. The van der Waals surface area contributed by atoms with E-state index in [1.54, 1.807) is 10.6 Å². The van der Waals surface area contributed by atoms with Gasteiger partial charge >= 0.3 is 0 Å². The molecule has 0 radical (unpaired) electrons. The normalized spacial score (nSPS) is 12.2. The van der Waals surface area contributed by atoms with Crippen LogP contribution in [-0.4, -0.2) is 20.7 Å². The quantitative estimate of drug-likeness (QED) is 0.382. The topological polar surface area (TPSA) is 78.0 Å². The number of thiophene rings is 1. The molecule has 3 aromatic rings. The molecule has 134 valence electrons. The van der Waals surface area contributed by atoms with Crippen molar-refractivity contribution in [2.75, 3.05) is 0 Å². The maximum atomic E-state index is 13.2. The molecule has 0 saturated heterocycles. The first-order valence-corrected chi connectivity index (χ1v) is 9.97. The molecule has 0 saturated carbocycles. The molecule has 1 atom stereocenters. The Balaban J connectivity index is 2.20. The van der Waals surface area contributed by atoms with Crippen molar-refractivity contribution in [2.24, 2.45) is 5.73 Å². The number of carbonyl (C=O) groups excluding carboxylic acids is 1. The number of hydrogen-bond acceptors (Lipinski definition) is 5. The van der Waals surface area contributed by atoms with E-state index in [-0.39, 0.29) is 5.56 Å². The Kier molecular flexibility index (Phi) is 5.58. The third-order valence-corrected chi connectivity index (χ3v) is 6.24. The number of amides is 1. The number of nitrogens with zero attached hydrogens (tertiary/aromatic N) is 2. The van der Waals surface area contributed by atoms with Crippen LogP contribution in [0.15, 0.2) is 58.3 Å². The fourth-order valence-electron chi connectivity index (χ4n) is 2.69. The van der Waals surface area contributed by atoms with Crippen LogP contribution in [0.5, 0.6) is 0 Å². The van der Waals surface area contributed by atoms with E-state index in [1.165, 1.54) is 23.1 Å². The third-order valence-electron chi connectivity index (χ3n) is 3.99. The molecule has 2 N–H and O–H groups in total. The summed E-state index contributed by atoms with van der Waals surface area (Å²) in [5.41, 5.74) is 7.18. The van der Waals surface area contributed by atoms with Crippen LogP contribution in [-0.2, 0) is 11.3 Å². The number of aromatic nitrogens is 2. The van der Waals surface area contributed by atoms with Crippen LogP contribution in [0.3, 0.4) is 0 Å². The number of nitrogens with two attached hydrogens (primary N) is 1. The van der Waals surface area contributed by atoms with Gasteiger partial charge < -0.3 is 5.73 Å². The van der Waals surface area contributed by atoms with Crippen LogP contribution in [0.1, 0.15) is 13.3 Å². The number of fused-ring (bicyclic) bond motifs is 1. The zero-order valence-electron chi connectivity index (χ0n) is 14.3. The second-order valence-electron chi connectivity index (χ2n) is 5.71. The van der Waals surface area contributed by atoms with Gasteiger partial charge in [-0.25, -0.2) is 4.98 Å². The molecular weight excluding hydrogens is 366 g/mol. The number of carbonyl (C=O) groups is 1. The monoisotopic (exact) mass is 385 g/mol. The molecule has 3 rings (SSSR count). The van der Waals surface area contributed by atoms with Crippen LogP contribution >= 0.6 is 23.1 Å². The summed E-state index contributed by atoms with van der Waals surface area (Å²) >= 11 is 2.66. The molecule has 2 heterocycles. The van der Waals surface area contributed by atoms with Gasteiger partial charge in [-0.05, 0) is 12.0 Å². The molecule has 0 fully saturated rings. The number of allylic oxidation sites excluding steroid dienone is 1. The van der Waals surface area contributed by atoms with Gasteiger partial charge in [0.1, 0.15) is 4.83 Å². The van der Waals surface area contributed by atoms with Gasteiger partial charge in [0, 0.05) is 17.5 Å². The van der Waals surface area contributed by atoms with Crippen molar-refractivity contribution in [3.05, 3.63) is 58.7 Å². The van der Waals surface area contributed by atoms with E-state index in [0.29, 0.717) is 28.3 Å². The predicted octanol–water partition coefficient (Wildman–Crippen LogP) is 3.67. The van der Waals surface area contributed by atoms with Crippen LogP contribution in [0.2, 0.25) is 0 Å². The average molecular weight is 386 g/mol. The Morgan fingerprint density at radius 3 is 2.77 bits per heavy atom. The summed E-state index contributed by atoms with van der Waals surface area (Å²) in [5, 5.41) is 2.62. The molecule has 0 aliphatic rings. The summed E-state index contributed by atoms with van der Waals surface area (Å²) in [6.07, 6.45) is 2.22. The molecule has 1 aromatic carbocycles. The Hall–Kier alpha value is -2.38. The first kappa shape index (κ1) is 18.4. The fourth-order valence-corrected chi connectivity index (χ4v) is 4.65. The molecular formula is C19H19N3O2S2. The van der Waals surface area contributed by atoms with E-state index in [4.69, 9.17) is 5.73 Å². The van der Waals surface area contributed by atoms with Crippen molar-refractivity contribution in [1.82, 2.24) is 9.55 Å². The van der Waals surface area contributed by atoms with Gasteiger partial charge in [-0.2, -0.15) is 0 Å². The van der Waals surface area contributed by atoms with Gasteiger partial charge in [-0.15, -0.1) is 17.9 Å². The zero-order chi connectivity index (χ0) is 18.7. The minimum absolute atomic E-state index is 0.128. The lowest BCUT2D eigenvalue weighted by Gasteiger charge is -2.14. The van der Waals surface area contributed by atoms with E-state index >= 15 is 0 Å². The molecule has 1 amide bonds. The van der Waals surface area contributed by atoms with Gasteiger partial charge in [-0.1, -0.05) is 55.1 Å². The maximum Gasteiger partial charge on any atom is 0.263 e. The number of primary amides is 1. The van der Waals surface area contributed by atoms with Crippen LogP contribution in [0, 0.1) is 0 Å². The SMILES string of the molecule is C=CCn1c(SC(CC)C(N)=O)nc2scc(-c3ccccc3)c2c1=O. The lowest BCUT2D eigenvalue weighted by molar-refractivity contribution is -0.117. The summed E-state index contributed by atoms with van der Waals surface area (Å²) < 4.78 is 1.56. The van der Waals surface area contributed by atoms with Crippen molar-refractivity contribution >= 4 is 39.2 Å². The molecule has 5 nitrogen and oxygen atoms in total. The van der Waals surface area contributed by atoms with Gasteiger partial charge in [0.2, 0.25) is 5.91 Å². The molecule has 26 heavy (non-hydrogen) atoms. The Labute approximate surface area is 159 Å². The lowest BCUT2D eigenvalue weighted by Crippen LogP contribution is -2.28. The van der Waals surface area contributed by atoms with Crippen molar-refractivity contribution in [3.63, 3.8) is 0 Å². The standard InChI is InChI=1S/C19H19N3O2S2/c1-3-10-22-18(24)15-13(12-8-6-5-7-9-12)11-25-17(15)21-19(22)26-14(4-2)16(20)23/h3,5-9,11,14H,1,4,10H2,2H3,(H2,20,23). The Morgan fingerprint density at radius 2 is 2.15 bits per heavy atom. The van der Waals surface area contributed by atoms with Gasteiger partial charge in [0.25, 0.3) is 5.56 Å². The maximum absolute atomic E-state index is 13.2. The number of hydrogen-bond donors (Lipinski definition) is 1. The Bertz CT molecular complexity index is 1010. The molecule has 1 unspecified atom stereocenters. The van der Waals surface area contributed by atoms with Crippen molar-refractivity contribution in [2.45, 2.75) is 30.3 Å². The summed E-state index contributed by atoms with van der Waals surface area (Å²) in [5.74, 6) is -0.409. The lowest BCUT2D eigenvalue weighted by atomic mass is 10.1. The van der Waals surface area contributed by atoms with Crippen molar-refractivity contribution in [1.29, 1.82) is 0 Å². The van der Waals surface area contributed by atoms with E-state index in [9.17, 15) is 9.59 Å². The first-order chi connectivity index (χ1) is 12.6. The molecule has 7 heteroatoms. The fraction of sp³-hybridized carbons (Fsp3) is 0.211. The molecule has 0 aliphatic heterocycles. The van der Waals surface area contributed by atoms with Gasteiger partial charge in [0.05, 0.1) is 10.6 Å². The minimum Gasteiger partial charge on any atom is -0.369 e. The van der Waals surface area contributed by atoms with Crippen molar-refractivity contribution in [3.8, 4) is 11.1 Å². The summed E-state index contributed by atoms with van der Waals surface area (Å²) in [7, 11) is 0. The number of benzene rings is 1. The average Bonchev–Trinajstić information content (AvgIpc) is 3.07. The van der Waals surface area contributed by atoms with Crippen molar-refractivity contribution < 1.29 is 4.79 Å². The smallest absolute Gasteiger partial charge is 0.263 e. The van der Waals surface area contributed by atoms with E-state index in [2.05, 4.69) is 11.6 Å². The minimum atomic E-state index is -0.427. The molecule has 0 bridgehead atoms. The van der Waals surface area contributed by atoms with Crippen LogP contribution < -0.4 is 11.3 Å². The second kappa shape index (κ2) is 7.88. The van der Waals surface area contributed by atoms with Gasteiger partial charge in [0.15, 0.2) is 5.16 Å². The predicted molar refractivity (Wildman–Crippen MR) is 109 cm³/mol. The summed E-state index contributed by atoms with van der Waals surface area (Å²) in [4.78, 5) is 30.1. The highest BCUT2D eigenvalue weighted by Crippen LogP contribution is 2.33. The highest BCUT2D eigenvalue weighted by Gasteiger charge is 2.21. The third kappa shape index (κ3) is 3.45. The number of thioether (sulfide) groups is 1. The zero-order valence-corrected chi connectivity index (χ0v) is 16.0. The number of rotatable bonds is 7. The van der Waals surface area contributed by atoms with E-state index < -0.39 is 11.2 Å². The summed E-state index contributed by atoms with van der Waals surface area (Å²) in [6.45, 7) is 5.94. The molecule has 0 aliphatic carbocycles. The van der Waals surface area contributed by atoms with E-state index in [0.717, 1.165) is 11.1 Å². The van der Waals surface area contributed by atoms with Gasteiger partial charge in [-0.3, -0.25) is 14.2 Å². The molecule has 2 aromatic heterocycles.